The van der Waals surface area contributed by atoms with Crippen molar-refractivity contribution < 1.29 is 0 Å². The minimum absolute atomic E-state index is 0.00490. The van der Waals surface area contributed by atoms with Gasteiger partial charge >= 0.3 is 0 Å². The smallest absolute Gasteiger partial charge is 0.129 e. The van der Waals surface area contributed by atoms with E-state index >= 15 is 0 Å². The minimum atomic E-state index is -0.0962. The van der Waals surface area contributed by atoms with Crippen LogP contribution in [0.15, 0.2) is 156 Å². The number of nitrogens with zero attached hydrogens (tertiary/aromatic N) is 2. The average Bonchev–Trinajstić information content (AvgIpc) is 3.52. The number of hydrogen-bond acceptors (Lipinski definition) is 6. The Bertz CT molecular complexity index is 2050. The minimum Gasteiger partial charge on any atom is -0.404 e. The van der Waals surface area contributed by atoms with Gasteiger partial charge in [0.25, 0.3) is 0 Å². The Hall–Kier alpha value is -5.75. The fourth-order valence-corrected chi connectivity index (χ4v) is 7.17. The zero-order valence-electron chi connectivity index (χ0n) is 28.1. The van der Waals surface area contributed by atoms with Gasteiger partial charge in [-0.3, -0.25) is 4.99 Å². The van der Waals surface area contributed by atoms with E-state index in [2.05, 4.69) is 131 Å². The number of nitrogens with two attached hydrogens (primary N) is 2. The van der Waals surface area contributed by atoms with E-state index in [1.54, 1.807) is 6.20 Å². The van der Waals surface area contributed by atoms with E-state index in [0.717, 1.165) is 52.2 Å². The molecular weight excluding hydrogens is 601 g/mol. The summed E-state index contributed by atoms with van der Waals surface area (Å²) in [6.45, 7) is 4.00. The highest BCUT2D eigenvalue weighted by Gasteiger charge is 2.43. The summed E-state index contributed by atoms with van der Waals surface area (Å²) >= 11 is 0. The summed E-state index contributed by atoms with van der Waals surface area (Å²) in [4.78, 5) is 7.73. The molecule has 4 unspecified atom stereocenters. The molecule has 2 aliphatic heterocycles. The molecule has 0 aromatic heterocycles. The van der Waals surface area contributed by atoms with Crippen LogP contribution in [0.25, 0.3) is 16.5 Å². The van der Waals surface area contributed by atoms with Gasteiger partial charge in [-0.25, -0.2) is 0 Å². The second-order valence-electron chi connectivity index (χ2n) is 12.5. The number of fused-ring (bicyclic) bond motifs is 2. The van der Waals surface area contributed by atoms with Gasteiger partial charge < -0.3 is 27.0 Å². The van der Waals surface area contributed by atoms with E-state index < -0.39 is 0 Å². The van der Waals surface area contributed by atoms with Crippen LogP contribution in [0.5, 0.6) is 0 Å². The number of para-hydroxylation sites is 2. The fourth-order valence-electron chi connectivity index (χ4n) is 7.17. The van der Waals surface area contributed by atoms with Crippen LogP contribution in [0.1, 0.15) is 55.6 Å². The maximum absolute atomic E-state index is 6.73. The molecule has 246 valence electrons. The molecule has 1 saturated carbocycles. The Morgan fingerprint density at radius 1 is 0.796 bits per heavy atom. The predicted molar refractivity (Wildman–Crippen MR) is 207 cm³/mol. The number of dihydropyridines is 1. The standard InChI is InChI=1S/C41H38N6.C2H6/c42-25-31(30-23-36(28-12-3-1-4-13-28)45-37(24-30)29-14-5-2-6-15-29)26-44-34-21-22-39(34)47-38-18-10-9-17-35(38)46-41(47)40-32-16-8-7-11-27(32)19-20-33(40)43;1-2/h1-20,23-26,34,36,39,41,45-46H,21-22,42-43H2;1-2H3/b31-25+,44-26?;. The number of benzene rings is 5. The lowest BCUT2D eigenvalue weighted by Crippen LogP contribution is -2.51. The number of nitrogen functional groups attached to an aromatic ring is 1. The average molecular weight is 645 g/mol. The number of nitrogens with one attached hydrogen (secondary N) is 2. The van der Waals surface area contributed by atoms with Gasteiger partial charge in [0.1, 0.15) is 6.17 Å². The van der Waals surface area contributed by atoms with Crippen molar-refractivity contribution >= 4 is 39.7 Å². The molecule has 0 amide bonds. The Balaban J connectivity index is 0.00000186. The summed E-state index contributed by atoms with van der Waals surface area (Å²) in [5.41, 5.74) is 22.6. The van der Waals surface area contributed by atoms with E-state index in [1.807, 2.05) is 38.3 Å². The van der Waals surface area contributed by atoms with E-state index in [0.29, 0.717) is 0 Å². The van der Waals surface area contributed by atoms with Gasteiger partial charge in [-0.2, -0.15) is 0 Å². The zero-order chi connectivity index (χ0) is 33.7. The second-order valence-corrected chi connectivity index (χ2v) is 12.5. The number of aliphatic imine (C=N–C) groups is 1. The van der Waals surface area contributed by atoms with Gasteiger partial charge in [-0.15, -0.1) is 0 Å². The highest BCUT2D eigenvalue weighted by Crippen LogP contribution is 2.49. The van der Waals surface area contributed by atoms with Crippen LogP contribution in [0.2, 0.25) is 0 Å². The third kappa shape index (κ3) is 6.18. The molecule has 4 atom stereocenters. The van der Waals surface area contributed by atoms with Crippen LogP contribution in [0.3, 0.4) is 0 Å². The van der Waals surface area contributed by atoms with Crippen molar-refractivity contribution in [1.82, 2.24) is 5.32 Å². The molecule has 0 radical (unpaired) electrons. The van der Waals surface area contributed by atoms with Crippen LogP contribution in [-0.2, 0) is 0 Å². The van der Waals surface area contributed by atoms with Gasteiger partial charge in [-0.1, -0.05) is 117 Å². The van der Waals surface area contributed by atoms with Crippen molar-refractivity contribution in [2.75, 3.05) is 16.0 Å². The molecule has 0 spiro atoms. The normalized spacial score (nSPS) is 21.4. The van der Waals surface area contributed by atoms with Crippen molar-refractivity contribution in [3.8, 4) is 0 Å². The van der Waals surface area contributed by atoms with E-state index in [-0.39, 0.29) is 24.3 Å². The molecule has 0 saturated heterocycles. The number of anilines is 3. The molecule has 6 N–H and O–H groups in total. The topological polar surface area (TPSA) is 91.7 Å². The van der Waals surface area contributed by atoms with Crippen LogP contribution >= 0.6 is 0 Å². The Morgan fingerprint density at radius 3 is 2.27 bits per heavy atom. The lowest BCUT2D eigenvalue weighted by Gasteiger charge is -2.44. The van der Waals surface area contributed by atoms with E-state index in [4.69, 9.17) is 16.5 Å². The summed E-state index contributed by atoms with van der Waals surface area (Å²) in [6, 6.07) is 42.4. The fraction of sp³-hybridized carbons (Fsp3) is 0.186. The van der Waals surface area contributed by atoms with Crippen LogP contribution < -0.4 is 27.0 Å². The summed E-state index contributed by atoms with van der Waals surface area (Å²) < 4.78 is 0. The molecule has 0 bridgehead atoms. The first kappa shape index (κ1) is 31.8. The van der Waals surface area contributed by atoms with E-state index in [9.17, 15) is 0 Å². The molecule has 1 aliphatic carbocycles. The number of rotatable bonds is 7. The Labute approximate surface area is 289 Å². The lowest BCUT2D eigenvalue weighted by atomic mass is 9.84. The maximum atomic E-state index is 6.73. The predicted octanol–water partition coefficient (Wildman–Crippen LogP) is 9.14. The van der Waals surface area contributed by atoms with Crippen LogP contribution in [-0.4, -0.2) is 18.3 Å². The summed E-state index contributed by atoms with van der Waals surface area (Å²) in [6.07, 6.45) is 10.0. The molecule has 49 heavy (non-hydrogen) atoms. The molecule has 6 heteroatoms. The van der Waals surface area contributed by atoms with E-state index in [1.165, 1.54) is 22.0 Å². The SMILES string of the molecule is CC.N/C=C(\C=NC1CCC1N1c2ccccc2NC1c1c(N)ccc2ccccc12)C1=CC(c2ccccc2)NC(c2ccccc2)=C1. The van der Waals surface area contributed by atoms with Crippen LogP contribution in [0, 0.1) is 0 Å². The molecule has 5 aromatic carbocycles. The van der Waals surface area contributed by atoms with Crippen LogP contribution in [0.4, 0.5) is 17.1 Å². The number of hydrogen-bond donors (Lipinski definition) is 4. The van der Waals surface area contributed by atoms with Crippen molar-refractivity contribution in [3.05, 3.63) is 168 Å². The van der Waals surface area contributed by atoms with Gasteiger partial charge in [0.15, 0.2) is 0 Å². The number of allylic oxidation sites excluding steroid dienone is 3. The van der Waals surface area contributed by atoms with Crippen molar-refractivity contribution in [2.45, 2.75) is 51.0 Å². The van der Waals surface area contributed by atoms with Gasteiger partial charge in [0.2, 0.25) is 0 Å². The van der Waals surface area contributed by atoms with Gasteiger partial charge in [-0.05, 0) is 70.7 Å². The first-order valence-corrected chi connectivity index (χ1v) is 17.3. The largest absolute Gasteiger partial charge is 0.404 e. The zero-order valence-corrected chi connectivity index (χ0v) is 28.1. The highest BCUT2D eigenvalue weighted by atomic mass is 15.4. The van der Waals surface area contributed by atoms with Crippen molar-refractivity contribution in [2.24, 2.45) is 10.7 Å². The molecule has 2 heterocycles. The Kier molecular flexibility index (Phi) is 9.20. The first-order valence-electron chi connectivity index (χ1n) is 17.3. The van der Waals surface area contributed by atoms with Gasteiger partial charge in [0.05, 0.1) is 29.5 Å². The second kappa shape index (κ2) is 14.2. The summed E-state index contributed by atoms with van der Waals surface area (Å²) in [7, 11) is 0. The summed E-state index contributed by atoms with van der Waals surface area (Å²) in [5, 5.41) is 9.88. The van der Waals surface area contributed by atoms with Crippen molar-refractivity contribution in [3.63, 3.8) is 0 Å². The lowest BCUT2D eigenvalue weighted by molar-refractivity contribution is 0.318. The van der Waals surface area contributed by atoms with Crippen molar-refractivity contribution in [1.29, 1.82) is 0 Å². The summed E-state index contributed by atoms with van der Waals surface area (Å²) in [5.74, 6) is 0. The molecule has 6 nitrogen and oxygen atoms in total. The molecule has 3 aliphatic rings. The monoisotopic (exact) mass is 644 g/mol. The molecule has 8 rings (SSSR count). The quantitative estimate of drug-likeness (QED) is 0.105. The third-order valence-electron chi connectivity index (χ3n) is 9.71. The van der Waals surface area contributed by atoms with Gasteiger partial charge in [0, 0.05) is 34.9 Å². The highest BCUT2D eigenvalue weighted by molar-refractivity contribution is 5.93. The third-order valence-corrected chi connectivity index (χ3v) is 9.71. The maximum Gasteiger partial charge on any atom is 0.129 e. The molecule has 5 aromatic rings. The molecular formula is C43H44N6. The molecule has 1 fully saturated rings. The Morgan fingerprint density at radius 2 is 1.51 bits per heavy atom. The first-order chi connectivity index (χ1) is 24.2.